The van der Waals surface area contributed by atoms with Gasteiger partial charge in [-0.1, -0.05) is 23.2 Å². The lowest BCUT2D eigenvalue weighted by Crippen LogP contribution is -2.25. The molecule has 0 fully saturated rings. The summed E-state index contributed by atoms with van der Waals surface area (Å²) in [6, 6.07) is 13.2. The van der Waals surface area contributed by atoms with E-state index in [1.165, 1.54) is 0 Å². The largest absolute Gasteiger partial charge is 0.506 e. The second-order valence-corrected chi connectivity index (χ2v) is 9.07. The van der Waals surface area contributed by atoms with Gasteiger partial charge in [0.2, 0.25) is 0 Å². The number of benzene rings is 3. The van der Waals surface area contributed by atoms with Crippen LogP contribution in [0.3, 0.4) is 0 Å². The Morgan fingerprint density at radius 1 is 1.00 bits per heavy atom. The fourth-order valence-corrected chi connectivity index (χ4v) is 4.52. The number of amides is 1. The average Bonchev–Trinajstić information content (AvgIpc) is 2.90. The molecule has 11 heteroatoms. The van der Waals surface area contributed by atoms with Gasteiger partial charge in [-0.2, -0.15) is 0 Å². The normalized spacial score (nSPS) is 14.1. The van der Waals surface area contributed by atoms with E-state index in [1.54, 1.807) is 62.8 Å². The van der Waals surface area contributed by atoms with Crippen LogP contribution in [0.1, 0.15) is 34.0 Å². The number of carbonyl (C=O) groups is 2. The molecule has 1 heterocycles. The zero-order chi connectivity index (χ0) is 27.2. The summed E-state index contributed by atoms with van der Waals surface area (Å²) in [5.74, 6) is 2.12. The van der Waals surface area contributed by atoms with Crippen LogP contribution in [0, 0.1) is 0 Å². The molecule has 200 valence electrons. The van der Waals surface area contributed by atoms with Crippen LogP contribution in [0.5, 0.6) is 28.7 Å². The number of nitrogens with one attached hydrogen (secondary N) is 1. The third-order valence-electron chi connectivity index (χ3n) is 5.88. The Labute approximate surface area is 229 Å². The Kier molecular flexibility index (Phi) is 8.70. The maximum atomic E-state index is 12.6. The molecule has 38 heavy (non-hydrogen) atoms. The maximum Gasteiger partial charge on any atom is 0.506 e. The monoisotopic (exact) mass is 561 g/mol. The first-order valence-corrected chi connectivity index (χ1v) is 12.4. The van der Waals surface area contributed by atoms with Gasteiger partial charge >= 0.3 is 6.16 Å². The van der Waals surface area contributed by atoms with Crippen LogP contribution >= 0.6 is 23.2 Å². The van der Waals surface area contributed by atoms with Crippen LogP contribution in [0.25, 0.3) is 0 Å². The average molecular weight is 562 g/mol. The molecule has 1 aliphatic rings. The Morgan fingerprint density at radius 2 is 1.76 bits per heavy atom. The van der Waals surface area contributed by atoms with E-state index in [0.717, 1.165) is 5.56 Å². The van der Waals surface area contributed by atoms with E-state index < -0.39 is 12.3 Å². The van der Waals surface area contributed by atoms with Crippen LogP contribution in [-0.4, -0.2) is 44.5 Å². The van der Waals surface area contributed by atoms with Crippen molar-refractivity contribution in [1.82, 2.24) is 5.32 Å². The lowest BCUT2D eigenvalue weighted by Gasteiger charge is -2.25. The molecule has 2 N–H and O–H groups in total. The van der Waals surface area contributed by atoms with Gasteiger partial charge in [0.15, 0.2) is 0 Å². The van der Waals surface area contributed by atoms with E-state index in [2.05, 4.69) is 5.32 Å². The number of fused-ring (bicyclic) bond motifs is 1. The molecule has 9 nitrogen and oxygen atoms in total. The highest BCUT2D eigenvalue weighted by Gasteiger charge is 2.27. The number of carboxylic acid groups (broad SMARTS) is 1. The molecule has 1 amide bonds. The van der Waals surface area contributed by atoms with Crippen molar-refractivity contribution in [3.8, 4) is 28.7 Å². The Hall–Kier alpha value is -3.82. The number of hydrogen-bond donors (Lipinski definition) is 2. The van der Waals surface area contributed by atoms with Crippen LogP contribution in [0.4, 0.5) is 4.79 Å². The molecule has 3 aromatic carbocycles. The number of methoxy groups -OCH3 is 2. The lowest BCUT2D eigenvalue weighted by atomic mass is 10.0. The second kappa shape index (κ2) is 12.1. The fourth-order valence-electron chi connectivity index (χ4n) is 4.02. The molecule has 3 aromatic rings. The minimum atomic E-state index is -1.37. The topological polar surface area (TPSA) is 113 Å². The number of hydrogen-bond acceptors (Lipinski definition) is 7. The number of ether oxygens (including phenoxy) is 5. The smallest absolute Gasteiger partial charge is 0.497 e. The molecule has 0 radical (unpaired) electrons. The molecule has 4 rings (SSSR count). The van der Waals surface area contributed by atoms with Gasteiger partial charge in [-0.15, -0.1) is 0 Å². The van der Waals surface area contributed by atoms with Gasteiger partial charge in [-0.3, -0.25) is 4.79 Å². The molecule has 0 saturated heterocycles. The highest BCUT2D eigenvalue weighted by Crippen LogP contribution is 2.42. The summed E-state index contributed by atoms with van der Waals surface area (Å²) in [7, 11) is 3.09. The van der Waals surface area contributed by atoms with Crippen molar-refractivity contribution in [3.63, 3.8) is 0 Å². The van der Waals surface area contributed by atoms with Crippen molar-refractivity contribution in [2.45, 2.75) is 18.9 Å². The first-order chi connectivity index (χ1) is 18.3. The van der Waals surface area contributed by atoms with Crippen LogP contribution < -0.4 is 24.3 Å². The number of rotatable bonds is 9. The summed E-state index contributed by atoms with van der Waals surface area (Å²) >= 11 is 12.7. The SMILES string of the molecule is COc1cc(Cl)c(CCNC(=O)c2ccc(Oc3cc4c(cc3Cl)C(OC(=O)O)CCO4)cc2)c(OC)c1. The van der Waals surface area contributed by atoms with E-state index in [4.69, 9.17) is 52.0 Å². The van der Waals surface area contributed by atoms with Crippen molar-refractivity contribution in [2.75, 3.05) is 27.4 Å². The zero-order valence-electron chi connectivity index (χ0n) is 20.6. The summed E-state index contributed by atoms with van der Waals surface area (Å²) in [5, 5.41) is 12.6. The molecular weight excluding hydrogens is 537 g/mol. The summed E-state index contributed by atoms with van der Waals surface area (Å²) < 4.78 is 27.0. The van der Waals surface area contributed by atoms with Crippen molar-refractivity contribution < 1.29 is 38.4 Å². The van der Waals surface area contributed by atoms with E-state index >= 15 is 0 Å². The summed E-state index contributed by atoms with van der Waals surface area (Å²) in [4.78, 5) is 23.6. The third kappa shape index (κ3) is 6.35. The fraction of sp³-hybridized carbons (Fsp3) is 0.259. The molecule has 1 aliphatic heterocycles. The van der Waals surface area contributed by atoms with Crippen molar-refractivity contribution in [3.05, 3.63) is 75.3 Å². The van der Waals surface area contributed by atoms with Crippen LogP contribution in [-0.2, 0) is 11.2 Å². The van der Waals surface area contributed by atoms with E-state index in [1.807, 2.05) is 0 Å². The van der Waals surface area contributed by atoms with Crippen molar-refractivity contribution in [2.24, 2.45) is 0 Å². The quantitative estimate of drug-likeness (QED) is 0.293. The predicted molar refractivity (Wildman–Crippen MR) is 141 cm³/mol. The second-order valence-electron chi connectivity index (χ2n) is 8.25. The molecule has 1 atom stereocenters. The first kappa shape index (κ1) is 27.2. The molecular formula is C27H25Cl2NO8. The Bertz CT molecular complexity index is 1330. The van der Waals surface area contributed by atoms with Crippen LogP contribution in [0.15, 0.2) is 48.5 Å². The molecule has 0 aromatic heterocycles. The zero-order valence-corrected chi connectivity index (χ0v) is 22.1. The van der Waals surface area contributed by atoms with Crippen molar-refractivity contribution in [1.29, 1.82) is 0 Å². The van der Waals surface area contributed by atoms with E-state index in [0.29, 0.717) is 70.9 Å². The highest BCUT2D eigenvalue weighted by molar-refractivity contribution is 6.32. The van der Waals surface area contributed by atoms with Gasteiger partial charge in [0.1, 0.15) is 34.9 Å². The molecule has 0 saturated carbocycles. The van der Waals surface area contributed by atoms with Gasteiger partial charge in [0, 0.05) is 41.8 Å². The number of carbonyl (C=O) groups excluding carboxylic acids is 1. The summed E-state index contributed by atoms with van der Waals surface area (Å²) in [6.07, 6.45) is -1.17. The maximum absolute atomic E-state index is 12.6. The van der Waals surface area contributed by atoms with Gasteiger partial charge < -0.3 is 34.1 Å². The predicted octanol–water partition coefficient (Wildman–Crippen LogP) is 6.29. The summed E-state index contributed by atoms with van der Waals surface area (Å²) in [6.45, 7) is 0.643. The number of halogens is 2. The van der Waals surface area contributed by atoms with Gasteiger partial charge in [-0.25, -0.2) is 4.79 Å². The minimum absolute atomic E-state index is 0.259. The van der Waals surface area contributed by atoms with Gasteiger partial charge in [-0.05, 0) is 42.8 Å². The van der Waals surface area contributed by atoms with E-state index in [-0.39, 0.29) is 10.9 Å². The van der Waals surface area contributed by atoms with E-state index in [9.17, 15) is 9.59 Å². The Balaban J connectivity index is 1.38. The molecule has 0 spiro atoms. The van der Waals surface area contributed by atoms with Gasteiger partial charge in [0.25, 0.3) is 5.91 Å². The molecule has 0 bridgehead atoms. The van der Waals surface area contributed by atoms with Gasteiger partial charge in [0.05, 0.1) is 30.9 Å². The molecule has 1 unspecified atom stereocenters. The molecule has 0 aliphatic carbocycles. The Morgan fingerprint density at radius 3 is 2.45 bits per heavy atom. The third-order valence-corrected chi connectivity index (χ3v) is 6.51. The lowest BCUT2D eigenvalue weighted by molar-refractivity contribution is 0.0326. The summed E-state index contributed by atoms with van der Waals surface area (Å²) in [5.41, 5.74) is 1.75. The van der Waals surface area contributed by atoms with Crippen LogP contribution in [0.2, 0.25) is 10.0 Å². The standard InChI is InChI=1S/C27H25Cl2NO8/c1-34-17-11-20(28)18(23(12-17)35-2)7-9-30-26(31)15-3-5-16(6-4-15)37-25-14-24-19(13-21(25)29)22(8-10-36-24)38-27(32)33/h3-6,11-14,22H,7-10H2,1-2H3,(H,30,31)(H,32,33). The highest BCUT2D eigenvalue weighted by atomic mass is 35.5. The van der Waals surface area contributed by atoms with Crippen molar-refractivity contribution >= 4 is 35.3 Å². The minimum Gasteiger partial charge on any atom is -0.497 e. The first-order valence-electron chi connectivity index (χ1n) is 11.6.